The number of fused-ring (bicyclic) bond motifs is 1. The quantitative estimate of drug-likeness (QED) is 0.854. The van der Waals surface area contributed by atoms with Gasteiger partial charge in [0.15, 0.2) is 0 Å². The van der Waals surface area contributed by atoms with Crippen LogP contribution in [0.25, 0.3) is 0 Å². The predicted molar refractivity (Wildman–Crippen MR) is 64.4 cm³/mol. The smallest absolute Gasteiger partial charge is 0.0796 e. The fraction of sp³-hybridized carbons (Fsp3) is 0.667. The molecule has 1 aliphatic rings. The number of hydrogen-bond donors (Lipinski definition) is 1. The summed E-state index contributed by atoms with van der Waals surface area (Å²) in [7, 11) is 1.81. The second kappa shape index (κ2) is 4.64. The van der Waals surface area contributed by atoms with Crippen LogP contribution in [0.3, 0.4) is 0 Å². The SMILES string of the molecule is COC(C(C)C)C1NCCc2ccsc21. The molecule has 0 aliphatic carbocycles. The van der Waals surface area contributed by atoms with Crippen molar-refractivity contribution in [3.63, 3.8) is 0 Å². The van der Waals surface area contributed by atoms with E-state index in [4.69, 9.17) is 4.74 Å². The van der Waals surface area contributed by atoms with E-state index in [1.807, 2.05) is 18.4 Å². The molecule has 0 saturated carbocycles. The summed E-state index contributed by atoms with van der Waals surface area (Å²) in [5, 5.41) is 5.77. The highest BCUT2D eigenvalue weighted by Crippen LogP contribution is 2.33. The van der Waals surface area contributed by atoms with E-state index in [9.17, 15) is 0 Å². The number of hydrogen-bond acceptors (Lipinski definition) is 3. The number of ether oxygens (including phenoxy) is 1. The van der Waals surface area contributed by atoms with Gasteiger partial charge in [-0.05, 0) is 35.9 Å². The van der Waals surface area contributed by atoms with Crippen molar-refractivity contribution in [2.75, 3.05) is 13.7 Å². The lowest BCUT2D eigenvalue weighted by Crippen LogP contribution is -2.40. The average Bonchev–Trinajstić information content (AvgIpc) is 2.66. The second-order valence-corrected chi connectivity index (χ2v) is 5.38. The van der Waals surface area contributed by atoms with E-state index in [0.717, 1.165) is 13.0 Å². The van der Waals surface area contributed by atoms with Gasteiger partial charge in [-0.15, -0.1) is 11.3 Å². The maximum Gasteiger partial charge on any atom is 0.0796 e. The van der Waals surface area contributed by atoms with Crippen LogP contribution < -0.4 is 5.32 Å². The molecule has 1 aromatic heterocycles. The van der Waals surface area contributed by atoms with E-state index in [1.165, 1.54) is 10.4 Å². The van der Waals surface area contributed by atoms with Crippen LogP contribution in [0.15, 0.2) is 11.4 Å². The Bertz CT molecular complexity index is 321. The molecule has 0 aromatic carbocycles. The van der Waals surface area contributed by atoms with Crippen LogP contribution in [0.2, 0.25) is 0 Å². The molecule has 3 heteroatoms. The Labute approximate surface area is 95.6 Å². The highest BCUT2D eigenvalue weighted by Gasteiger charge is 2.30. The summed E-state index contributed by atoms with van der Waals surface area (Å²) in [6.45, 7) is 5.51. The molecular formula is C12H19NOS. The summed E-state index contributed by atoms with van der Waals surface area (Å²) in [6, 6.07) is 2.64. The molecular weight excluding hydrogens is 206 g/mol. The molecule has 0 fully saturated rings. The summed E-state index contributed by atoms with van der Waals surface area (Å²) in [4.78, 5) is 1.47. The molecule has 0 bridgehead atoms. The highest BCUT2D eigenvalue weighted by molar-refractivity contribution is 7.10. The molecule has 2 rings (SSSR count). The van der Waals surface area contributed by atoms with Crippen LogP contribution in [0.4, 0.5) is 0 Å². The van der Waals surface area contributed by atoms with Crippen LogP contribution >= 0.6 is 11.3 Å². The maximum atomic E-state index is 5.62. The average molecular weight is 225 g/mol. The van der Waals surface area contributed by atoms with Gasteiger partial charge in [0.25, 0.3) is 0 Å². The normalized spacial score (nSPS) is 22.8. The molecule has 0 saturated heterocycles. The van der Waals surface area contributed by atoms with E-state index in [-0.39, 0.29) is 6.10 Å². The molecule has 1 aromatic rings. The molecule has 0 spiro atoms. The molecule has 1 N–H and O–H groups in total. The monoisotopic (exact) mass is 225 g/mol. The molecule has 84 valence electrons. The van der Waals surface area contributed by atoms with Crippen molar-refractivity contribution in [2.24, 2.45) is 5.92 Å². The molecule has 2 unspecified atom stereocenters. The van der Waals surface area contributed by atoms with Gasteiger partial charge in [-0.3, -0.25) is 0 Å². The van der Waals surface area contributed by atoms with Gasteiger partial charge in [-0.2, -0.15) is 0 Å². The minimum Gasteiger partial charge on any atom is -0.379 e. The van der Waals surface area contributed by atoms with E-state index < -0.39 is 0 Å². The highest BCUT2D eigenvalue weighted by atomic mass is 32.1. The molecule has 0 radical (unpaired) electrons. The zero-order chi connectivity index (χ0) is 10.8. The van der Waals surface area contributed by atoms with Gasteiger partial charge in [-0.25, -0.2) is 0 Å². The third-order valence-electron chi connectivity index (χ3n) is 3.08. The summed E-state index contributed by atoms with van der Waals surface area (Å²) >= 11 is 1.85. The van der Waals surface area contributed by atoms with Gasteiger partial charge in [0.2, 0.25) is 0 Å². The Hall–Kier alpha value is -0.380. The van der Waals surface area contributed by atoms with Gasteiger partial charge in [0.1, 0.15) is 0 Å². The van der Waals surface area contributed by atoms with E-state index >= 15 is 0 Å². The zero-order valence-corrected chi connectivity index (χ0v) is 10.4. The van der Waals surface area contributed by atoms with Crippen molar-refractivity contribution in [3.8, 4) is 0 Å². The summed E-state index contributed by atoms with van der Waals surface area (Å²) in [5.41, 5.74) is 1.51. The zero-order valence-electron chi connectivity index (χ0n) is 9.62. The fourth-order valence-electron chi connectivity index (χ4n) is 2.34. The predicted octanol–water partition coefficient (Wildman–Crippen LogP) is 2.61. The van der Waals surface area contributed by atoms with Gasteiger partial charge >= 0.3 is 0 Å². The largest absolute Gasteiger partial charge is 0.379 e. The number of rotatable bonds is 3. The Kier molecular flexibility index (Phi) is 3.44. The first-order chi connectivity index (χ1) is 7.24. The Morgan fingerprint density at radius 1 is 1.53 bits per heavy atom. The summed E-state index contributed by atoms with van der Waals surface area (Å²) < 4.78 is 5.62. The molecule has 2 atom stereocenters. The molecule has 2 nitrogen and oxygen atoms in total. The fourth-order valence-corrected chi connectivity index (χ4v) is 3.40. The van der Waals surface area contributed by atoms with Crippen LogP contribution in [-0.4, -0.2) is 19.8 Å². The lowest BCUT2D eigenvalue weighted by atomic mass is 9.93. The number of methoxy groups -OCH3 is 1. The Morgan fingerprint density at radius 2 is 2.33 bits per heavy atom. The van der Waals surface area contributed by atoms with Gasteiger partial charge in [-0.1, -0.05) is 13.8 Å². The third kappa shape index (κ3) is 2.10. The molecule has 15 heavy (non-hydrogen) atoms. The van der Waals surface area contributed by atoms with Crippen molar-refractivity contribution in [1.82, 2.24) is 5.32 Å². The van der Waals surface area contributed by atoms with Crippen molar-refractivity contribution in [1.29, 1.82) is 0 Å². The van der Waals surface area contributed by atoms with Crippen molar-refractivity contribution < 1.29 is 4.74 Å². The topological polar surface area (TPSA) is 21.3 Å². The van der Waals surface area contributed by atoms with Crippen molar-refractivity contribution >= 4 is 11.3 Å². The van der Waals surface area contributed by atoms with E-state index in [1.54, 1.807) is 0 Å². The van der Waals surface area contributed by atoms with Crippen LogP contribution in [0.1, 0.15) is 30.3 Å². The van der Waals surface area contributed by atoms with Gasteiger partial charge in [0.05, 0.1) is 12.1 Å². The first kappa shape index (κ1) is 11.1. The first-order valence-electron chi connectivity index (χ1n) is 5.56. The molecule has 0 amide bonds. The minimum absolute atomic E-state index is 0.280. The van der Waals surface area contributed by atoms with Gasteiger partial charge in [0, 0.05) is 12.0 Å². The van der Waals surface area contributed by atoms with Crippen molar-refractivity contribution in [2.45, 2.75) is 32.4 Å². The second-order valence-electron chi connectivity index (χ2n) is 4.44. The lowest BCUT2D eigenvalue weighted by Gasteiger charge is -2.32. The summed E-state index contributed by atoms with van der Waals surface area (Å²) in [6.07, 6.45) is 1.44. The Morgan fingerprint density at radius 3 is 3.00 bits per heavy atom. The minimum atomic E-state index is 0.280. The van der Waals surface area contributed by atoms with E-state index in [0.29, 0.717) is 12.0 Å². The lowest BCUT2D eigenvalue weighted by molar-refractivity contribution is 0.0319. The number of thiophene rings is 1. The van der Waals surface area contributed by atoms with Crippen LogP contribution in [0.5, 0.6) is 0 Å². The maximum absolute atomic E-state index is 5.62. The Balaban J connectivity index is 2.24. The third-order valence-corrected chi connectivity index (χ3v) is 4.12. The summed E-state index contributed by atoms with van der Waals surface area (Å²) in [5.74, 6) is 0.542. The first-order valence-corrected chi connectivity index (χ1v) is 6.44. The van der Waals surface area contributed by atoms with Crippen LogP contribution in [-0.2, 0) is 11.2 Å². The molecule has 1 aliphatic heterocycles. The number of nitrogens with one attached hydrogen (secondary N) is 1. The molecule has 2 heterocycles. The standard InChI is InChI=1S/C12H19NOS/c1-8(2)11(14-3)10-12-9(4-6-13-10)5-7-15-12/h5,7-8,10-11,13H,4,6H2,1-3H3. The van der Waals surface area contributed by atoms with E-state index in [2.05, 4.69) is 30.6 Å². The van der Waals surface area contributed by atoms with Crippen molar-refractivity contribution in [3.05, 3.63) is 21.9 Å². The van der Waals surface area contributed by atoms with Crippen LogP contribution in [0, 0.1) is 5.92 Å². The van der Waals surface area contributed by atoms with Gasteiger partial charge < -0.3 is 10.1 Å².